The van der Waals surface area contributed by atoms with Crippen molar-refractivity contribution in [3.63, 3.8) is 0 Å². The van der Waals surface area contributed by atoms with Gasteiger partial charge < -0.3 is 5.32 Å². The molecule has 0 spiro atoms. The van der Waals surface area contributed by atoms with Gasteiger partial charge in [0.1, 0.15) is 5.82 Å². The SMILES string of the molecule is O=C(NCCc1ccccc1F)Nc1ncccn1. The maximum absolute atomic E-state index is 13.3. The van der Waals surface area contributed by atoms with Gasteiger partial charge in [0.05, 0.1) is 0 Å². The Morgan fingerprint density at radius 1 is 1.16 bits per heavy atom. The summed E-state index contributed by atoms with van der Waals surface area (Å²) in [5, 5.41) is 5.09. The second kappa shape index (κ2) is 6.44. The molecule has 0 aliphatic heterocycles. The van der Waals surface area contributed by atoms with Crippen LogP contribution >= 0.6 is 0 Å². The van der Waals surface area contributed by atoms with Gasteiger partial charge in [0.25, 0.3) is 0 Å². The molecule has 5 nitrogen and oxygen atoms in total. The Hall–Kier alpha value is -2.50. The summed E-state index contributed by atoms with van der Waals surface area (Å²) in [6.45, 7) is 0.333. The lowest BCUT2D eigenvalue weighted by Gasteiger charge is -2.06. The molecule has 0 unspecified atom stereocenters. The van der Waals surface area contributed by atoms with Gasteiger partial charge in [-0.05, 0) is 24.1 Å². The van der Waals surface area contributed by atoms with Crippen LogP contribution in [0.5, 0.6) is 0 Å². The Morgan fingerprint density at radius 2 is 1.89 bits per heavy atom. The molecule has 2 rings (SSSR count). The summed E-state index contributed by atoms with van der Waals surface area (Å²) in [6, 6.07) is 7.72. The second-order valence-electron chi connectivity index (χ2n) is 3.79. The first-order valence-electron chi connectivity index (χ1n) is 5.81. The Balaban J connectivity index is 1.77. The van der Waals surface area contributed by atoms with Crippen LogP contribution in [0.25, 0.3) is 0 Å². The van der Waals surface area contributed by atoms with Gasteiger partial charge in [0, 0.05) is 18.9 Å². The highest BCUT2D eigenvalue weighted by atomic mass is 19.1. The van der Waals surface area contributed by atoms with Crippen LogP contribution in [-0.2, 0) is 6.42 Å². The summed E-state index contributed by atoms with van der Waals surface area (Å²) in [4.78, 5) is 19.2. The highest BCUT2D eigenvalue weighted by Gasteiger charge is 2.04. The van der Waals surface area contributed by atoms with E-state index in [4.69, 9.17) is 0 Å². The summed E-state index contributed by atoms with van der Waals surface area (Å²) in [5.41, 5.74) is 0.568. The van der Waals surface area contributed by atoms with Crippen LogP contribution < -0.4 is 10.6 Å². The van der Waals surface area contributed by atoms with Crippen LogP contribution in [0.15, 0.2) is 42.7 Å². The normalized spacial score (nSPS) is 9.95. The number of rotatable bonds is 4. The van der Waals surface area contributed by atoms with Crippen LogP contribution in [0.1, 0.15) is 5.56 Å². The number of carbonyl (C=O) groups is 1. The summed E-state index contributed by atoms with van der Waals surface area (Å²) in [7, 11) is 0. The van der Waals surface area contributed by atoms with E-state index in [2.05, 4.69) is 20.6 Å². The molecule has 98 valence electrons. The third kappa shape index (κ3) is 4.02. The van der Waals surface area contributed by atoms with Crippen molar-refractivity contribution in [3.05, 3.63) is 54.1 Å². The van der Waals surface area contributed by atoms with Gasteiger partial charge in [-0.2, -0.15) is 0 Å². The van der Waals surface area contributed by atoms with Gasteiger partial charge in [-0.1, -0.05) is 18.2 Å². The standard InChI is InChI=1S/C13H13FN4O/c14-11-5-2-1-4-10(11)6-9-17-13(19)18-12-15-7-3-8-16-12/h1-5,7-8H,6,9H2,(H2,15,16,17,18,19). The van der Waals surface area contributed by atoms with Gasteiger partial charge in [-0.15, -0.1) is 0 Å². The smallest absolute Gasteiger partial charge is 0.321 e. The number of nitrogens with zero attached hydrogens (tertiary/aromatic N) is 2. The molecular weight excluding hydrogens is 247 g/mol. The Kier molecular flexibility index (Phi) is 4.39. The number of benzene rings is 1. The quantitative estimate of drug-likeness (QED) is 0.883. The zero-order valence-corrected chi connectivity index (χ0v) is 10.1. The first-order chi connectivity index (χ1) is 9.25. The molecule has 2 amide bonds. The molecule has 1 aromatic heterocycles. The first kappa shape index (κ1) is 12.9. The van der Waals surface area contributed by atoms with E-state index >= 15 is 0 Å². The van der Waals surface area contributed by atoms with E-state index in [-0.39, 0.29) is 11.8 Å². The molecule has 6 heteroatoms. The molecule has 0 saturated carbocycles. The zero-order chi connectivity index (χ0) is 13.5. The van der Waals surface area contributed by atoms with Gasteiger partial charge >= 0.3 is 6.03 Å². The monoisotopic (exact) mass is 260 g/mol. The maximum Gasteiger partial charge on any atom is 0.321 e. The number of aromatic nitrogens is 2. The minimum absolute atomic E-state index is 0.228. The molecule has 0 fully saturated rings. The molecule has 0 radical (unpaired) electrons. The van der Waals surface area contributed by atoms with Crippen molar-refractivity contribution in [2.45, 2.75) is 6.42 Å². The van der Waals surface area contributed by atoms with Crippen molar-refractivity contribution in [1.82, 2.24) is 15.3 Å². The van der Waals surface area contributed by atoms with Crippen LogP contribution in [0.3, 0.4) is 0 Å². The van der Waals surface area contributed by atoms with Crippen LogP contribution in [0.2, 0.25) is 0 Å². The topological polar surface area (TPSA) is 66.9 Å². The van der Waals surface area contributed by atoms with Crippen molar-refractivity contribution in [1.29, 1.82) is 0 Å². The van der Waals surface area contributed by atoms with E-state index < -0.39 is 6.03 Å². The lowest BCUT2D eigenvalue weighted by atomic mass is 10.1. The van der Waals surface area contributed by atoms with Gasteiger partial charge in [0.2, 0.25) is 5.95 Å². The largest absolute Gasteiger partial charge is 0.337 e. The molecule has 0 aliphatic rings. The predicted molar refractivity (Wildman–Crippen MR) is 69.2 cm³/mol. The zero-order valence-electron chi connectivity index (χ0n) is 10.1. The summed E-state index contributed by atoms with van der Waals surface area (Å²) < 4.78 is 13.3. The molecule has 0 aliphatic carbocycles. The number of urea groups is 1. The molecule has 2 N–H and O–H groups in total. The Bertz CT molecular complexity index is 547. The fourth-order valence-corrected chi connectivity index (χ4v) is 1.52. The molecule has 1 heterocycles. The number of carbonyl (C=O) groups excluding carboxylic acids is 1. The van der Waals surface area contributed by atoms with Crippen molar-refractivity contribution >= 4 is 12.0 Å². The van der Waals surface area contributed by atoms with Gasteiger partial charge in [-0.3, -0.25) is 5.32 Å². The molecule has 0 saturated heterocycles. The molecule has 19 heavy (non-hydrogen) atoms. The lowest BCUT2D eigenvalue weighted by Crippen LogP contribution is -2.31. The number of anilines is 1. The average Bonchev–Trinajstić information content (AvgIpc) is 2.42. The number of nitrogens with one attached hydrogen (secondary N) is 2. The van der Waals surface area contributed by atoms with E-state index in [0.29, 0.717) is 18.5 Å². The predicted octanol–water partition coefficient (Wildman–Crippen LogP) is 1.98. The number of hydrogen-bond acceptors (Lipinski definition) is 3. The van der Waals surface area contributed by atoms with Crippen molar-refractivity contribution in [3.8, 4) is 0 Å². The van der Waals surface area contributed by atoms with E-state index in [1.165, 1.54) is 18.5 Å². The van der Waals surface area contributed by atoms with E-state index in [1.807, 2.05) is 0 Å². The molecule has 0 bridgehead atoms. The van der Waals surface area contributed by atoms with Crippen LogP contribution in [0.4, 0.5) is 15.1 Å². The van der Waals surface area contributed by atoms with E-state index in [9.17, 15) is 9.18 Å². The molecule has 2 aromatic rings. The minimum Gasteiger partial charge on any atom is -0.337 e. The van der Waals surface area contributed by atoms with Crippen molar-refractivity contribution in [2.75, 3.05) is 11.9 Å². The van der Waals surface area contributed by atoms with Crippen LogP contribution in [-0.4, -0.2) is 22.5 Å². The fourth-order valence-electron chi connectivity index (χ4n) is 1.52. The first-order valence-corrected chi connectivity index (χ1v) is 5.81. The number of amides is 2. The highest BCUT2D eigenvalue weighted by Crippen LogP contribution is 2.06. The lowest BCUT2D eigenvalue weighted by molar-refractivity contribution is 0.252. The Morgan fingerprint density at radius 3 is 2.63 bits per heavy atom. The van der Waals surface area contributed by atoms with Crippen LogP contribution in [0, 0.1) is 5.82 Å². The average molecular weight is 260 g/mol. The molecular formula is C13H13FN4O. The fraction of sp³-hybridized carbons (Fsp3) is 0.154. The maximum atomic E-state index is 13.3. The van der Waals surface area contributed by atoms with Gasteiger partial charge in [-0.25, -0.2) is 19.2 Å². The second-order valence-corrected chi connectivity index (χ2v) is 3.79. The summed E-state index contributed by atoms with van der Waals surface area (Å²) in [6.07, 6.45) is 3.49. The summed E-state index contributed by atoms with van der Waals surface area (Å²) in [5.74, 6) is -0.0398. The molecule has 1 aromatic carbocycles. The Labute approximate surface area is 109 Å². The number of halogens is 1. The van der Waals surface area contributed by atoms with E-state index in [0.717, 1.165) is 0 Å². The minimum atomic E-state index is -0.414. The third-order valence-electron chi connectivity index (χ3n) is 2.43. The number of hydrogen-bond donors (Lipinski definition) is 2. The van der Waals surface area contributed by atoms with Gasteiger partial charge in [0.15, 0.2) is 0 Å². The van der Waals surface area contributed by atoms with E-state index in [1.54, 1.807) is 24.3 Å². The third-order valence-corrected chi connectivity index (χ3v) is 2.43. The van der Waals surface area contributed by atoms with Crippen molar-refractivity contribution < 1.29 is 9.18 Å². The highest BCUT2D eigenvalue weighted by molar-refractivity contribution is 5.87. The summed E-state index contributed by atoms with van der Waals surface area (Å²) >= 11 is 0. The molecule has 0 atom stereocenters. The van der Waals surface area contributed by atoms with Crippen molar-refractivity contribution in [2.24, 2.45) is 0 Å².